The Hall–Kier alpha value is -2.87. The summed E-state index contributed by atoms with van der Waals surface area (Å²) >= 11 is 0. The SMILES string of the molecule is C=CC(=O)OCCOCCOc1ccc(OC(=O)C2CCC(C(=O)O)CC2)cc1. The smallest absolute Gasteiger partial charge is 0.330 e. The van der Waals surface area contributed by atoms with Gasteiger partial charge >= 0.3 is 17.9 Å². The van der Waals surface area contributed by atoms with Crippen LogP contribution in [-0.2, 0) is 23.9 Å². The Morgan fingerprint density at radius 2 is 1.52 bits per heavy atom. The molecule has 8 heteroatoms. The fraction of sp³-hybridized carbons (Fsp3) is 0.476. The number of carboxylic acid groups (broad SMARTS) is 1. The predicted octanol–water partition coefficient (Wildman–Crippen LogP) is 2.61. The van der Waals surface area contributed by atoms with Gasteiger partial charge in [-0.2, -0.15) is 0 Å². The van der Waals surface area contributed by atoms with Gasteiger partial charge in [-0.25, -0.2) is 4.79 Å². The molecule has 158 valence electrons. The lowest BCUT2D eigenvalue weighted by Crippen LogP contribution is -2.28. The lowest BCUT2D eigenvalue weighted by atomic mass is 9.82. The average Bonchev–Trinajstić information content (AvgIpc) is 2.74. The molecule has 1 aliphatic rings. The zero-order valence-corrected chi connectivity index (χ0v) is 16.2. The lowest BCUT2D eigenvalue weighted by molar-refractivity contribution is -0.146. The van der Waals surface area contributed by atoms with Gasteiger partial charge in [0.15, 0.2) is 0 Å². The molecule has 1 aliphatic carbocycles. The molecule has 1 fully saturated rings. The molecular formula is C21H26O8. The number of ether oxygens (including phenoxy) is 4. The van der Waals surface area contributed by atoms with E-state index in [-0.39, 0.29) is 31.0 Å². The van der Waals surface area contributed by atoms with Gasteiger partial charge in [0.25, 0.3) is 0 Å². The van der Waals surface area contributed by atoms with Crippen molar-refractivity contribution in [1.29, 1.82) is 0 Å². The summed E-state index contributed by atoms with van der Waals surface area (Å²) in [6.45, 7) is 4.38. The van der Waals surface area contributed by atoms with Crippen LogP contribution >= 0.6 is 0 Å². The van der Waals surface area contributed by atoms with Crippen LogP contribution in [0.1, 0.15) is 25.7 Å². The first-order valence-corrected chi connectivity index (χ1v) is 9.54. The quantitative estimate of drug-likeness (QED) is 0.259. The second-order valence-electron chi connectivity index (χ2n) is 6.61. The van der Waals surface area contributed by atoms with Gasteiger partial charge in [0, 0.05) is 6.08 Å². The third-order valence-electron chi connectivity index (χ3n) is 4.59. The van der Waals surface area contributed by atoms with Crippen molar-refractivity contribution >= 4 is 17.9 Å². The number of aliphatic carboxylic acids is 1. The van der Waals surface area contributed by atoms with Gasteiger partial charge in [0.05, 0.1) is 25.0 Å². The number of hydrogen-bond acceptors (Lipinski definition) is 7. The third-order valence-corrected chi connectivity index (χ3v) is 4.59. The Balaban J connectivity index is 1.63. The molecule has 0 bridgehead atoms. The molecule has 0 atom stereocenters. The number of hydrogen-bond donors (Lipinski definition) is 1. The van der Waals surface area contributed by atoms with E-state index in [4.69, 9.17) is 24.1 Å². The minimum absolute atomic E-state index is 0.156. The van der Waals surface area contributed by atoms with E-state index in [1.54, 1.807) is 24.3 Å². The molecule has 8 nitrogen and oxygen atoms in total. The molecule has 0 heterocycles. The van der Waals surface area contributed by atoms with E-state index < -0.39 is 11.9 Å². The van der Waals surface area contributed by atoms with Crippen molar-refractivity contribution in [3.8, 4) is 11.5 Å². The Morgan fingerprint density at radius 1 is 0.931 bits per heavy atom. The summed E-state index contributed by atoms with van der Waals surface area (Å²) in [5, 5.41) is 9.01. The zero-order chi connectivity index (χ0) is 21.1. The summed E-state index contributed by atoms with van der Waals surface area (Å²) in [5.41, 5.74) is 0. The maximum absolute atomic E-state index is 12.2. The molecule has 1 aromatic rings. The van der Waals surface area contributed by atoms with Crippen molar-refractivity contribution in [2.75, 3.05) is 26.4 Å². The summed E-state index contributed by atoms with van der Waals surface area (Å²) in [6.07, 6.45) is 3.16. The van der Waals surface area contributed by atoms with Crippen molar-refractivity contribution in [3.63, 3.8) is 0 Å². The first-order chi connectivity index (χ1) is 14.0. The summed E-state index contributed by atoms with van der Waals surface area (Å²) in [6, 6.07) is 6.67. The maximum atomic E-state index is 12.2. The van der Waals surface area contributed by atoms with E-state index >= 15 is 0 Å². The van der Waals surface area contributed by atoms with Gasteiger partial charge < -0.3 is 24.1 Å². The van der Waals surface area contributed by atoms with Gasteiger partial charge in [-0.1, -0.05) is 6.58 Å². The van der Waals surface area contributed by atoms with Gasteiger partial charge in [0.2, 0.25) is 0 Å². The average molecular weight is 406 g/mol. The van der Waals surface area contributed by atoms with Crippen molar-refractivity contribution in [3.05, 3.63) is 36.9 Å². The Labute approximate surface area is 169 Å². The van der Waals surface area contributed by atoms with E-state index in [2.05, 4.69) is 6.58 Å². The van der Waals surface area contributed by atoms with Crippen LogP contribution in [-0.4, -0.2) is 49.4 Å². The van der Waals surface area contributed by atoms with Crippen LogP contribution in [0.3, 0.4) is 0 Å². The minimum Gasteiger partial charge on any atom is -0.491 e. The highest BCUT2D eigenvalue weighted by Gasteiger charge is 2.30. The largest absolute Gasteiger partial charge is 0.491 e. The fourth-order valence-corrected chi connectivity index (χ4v) is 2.96. The summed E-state index contributed by atoms with van der Waals surface area (Å²) < 4.78 is 21.0. The minimum atomic E-state index is -0.797. The maximum Gasteiger partial charge on any atom is 0.330 e. The molecule has 29 heavy (non-hydrogen) atoms. The van der Waals surface area contributed by atoms with Crippen LogP contribution in [0, 0.1) is 11.8 Å². The van der Waals surface area contributed by atoms with Gasteiger partial charge in [-0.3, -0.25) is 9.59 Å². The van der Waals surface area contributed by atoms with Crippen LogP contribution < -0.4 is 9.47 Å². The monoisotopic (exact) mass is 406 g/mol. The number of carboxylic acids is 1. The van der Waals surface area contributed by atoms with Gasteiger partial charge in [0.1, 0.15) is 24.7 Å². The number of benzene rings is 1. The Bertz CT molecular complexity index is 689. The van der Waals surface area contributed by atoms with Crippen LogP contribution in [0.2, 0.25) is 0 Å². The standard InChI is InChI=1S/C21H26O8/c1-2-19(22)28-14-12-26-11-13-27-17-7-9-18(10-8-17)29-21(25)16-5-3-15(4-6-16)20(23)24/h2,7-10,15-16H,1,3-6,11-14H2,(H,23,24). The van der Waals surface area contributed by atoms with Gasteiger partial charge in [-0.05, 0) is 49.9 Å². The molecule has 0 unspecified atom stereocenters. The highest BCUT2D eigenvalue weighted by atomic mass is 16.6. The first-order valence-electron chi connectivity index (χ1n) is 9.54. The summed E-state index contributed by atoms with van der Waals surface area (Å²) in [5.74, 6) is -1.21. The van der Waals surface area contributed by atoms with E-state index in [9.17, 15) is 14.4 Å². The normalized spacial score (nSPS) is 18.5. The Kier molecular flexibility index (Phi) is 9.17. The Morgan fingerprint density at radius 3 is 2.14 bits per heavy atom. The number of carbonyl (C=O) groups is 3. The van der Waals surface area contributed by atoms with Crippen molar-refractivity contribution < 1.29 is 38.4 Å². The molecule has 0 aromatic heterocycles. The lowest BCUT2D eigenvalue weighted by Gasteiger charge is -2.24. The topological polar surface area (TPSA) is 108 Å². The molecule has 0 saturated heterocycles. The third kappa shape index (κ3) is 7.95. The molecule has 1 aromatic carbocycles. The summed E-state index contributed by atoms with van der Waals surface area (Å²) in [4.78, 5) is 34.0. The van der Waals surface area contributed by atoms with Crippen molar-refractivity contribution in [1.82, 2.24) is 0 Å². The molecule has 0 radical (unpaired) electrons. The first kappa shape index (κ1) is 22.4. The fourth-order valence-electron chi connectivity index (χ4n) is 2.96. The number of rotatable bonds is 11. The van der Waals surface area contributed by atoms with E-state index in [0.29, 0.717) is 50.4 Å². The van der Waals surface area contributed by atoms with Crippen LogP contribution in [0.5, 0.6) is 11.5 Å². The molecule has 2 rings (SSSR count). The highest BCUT2D eigenvalue weighted by Crippen LogP contribution is 2.30. The van der Waals surface area contributed by atoms with E-state index in [1.165, 1.54) is 0 Å². The van der Waals surface area contributed by atoms with Crippen molar-refractivity contribution in [2.24, 2.45) is 11.8 Å². The van der Waals surface area contributed by atoms with E-state index in [0.717, 1.165) is 6.08 Å². The van der Waals surface area contributed by atoms with Crippen LogP contribution in [0.15, 0.2) is 36.9 Å². The van der Waals surface area contributed by atoms with E-state index in [1.807, 2.05) is 0 Å². The molecule has 1 N–H and O–H groups in total. The van der Waals surface area contributed by atoms with Crippen LogP contribution in [0.4, 0.5) is 0 Å². The zero-order valence-electron chi connectivity index (χ0n) is 16.2. The summed E-state index contributed by atoms with van der Waals surface area (Å²) in [7, 11) is 0. The van der Waals surface area contributed by atoms with Gasteiger partial charge in [-0.15, -0.1) is 0 Å². The molecule has 0 aliphatic heterocycles. The molecule has 0 amide bonds. The molecular weight excluding hydrogens is 380 g/mol. The van der Waals surface area contributed by atoms with Crippen molar-refractivity contribution in [2.45, 2.75) is 25.7 Å². The highest BCUT2D eigenvalue weighted by molar-refractivity contribution is 5.81. The number of esters is 2. The second kappa shape index (κ2) is 11.9. The van der Waals surface area contributed by atoms with Crippen LogP contribution in [0.25, 0.3) is 0 Å². The second-order valence-corrected chi connectivity index (χ2v) is 6.61. The molecule has 1 saturated carbocycles. The number of carbonyl (C=O) groups excluding carboxylic acids is 2. The molecule has 0 spiro atoms. The predicted molar refractivity (Wildman–Crippen MR) is 103 cm³/mol.